The van der Waals surface area contributed by atoms with Crippen molar-refractivity contribution < 1.29 is 9.26 Å². The van der Waals surface area contributed by atoms with E-state index in [0.29, 0.717) is 0 Å². The van der Waals surface area contributed by atoms with Crippen molar-refractivity contribution in [3.63, 3.8) is 0 Å². The molecule has 0 amide bonds. The predicted molar refractivity (Wildman–Crippen MR) is 109 cm³/mol. The Bertz CT molecular complexity index is 904. The smallest absolute Gasteiger partial charge is 0.167 e. The number of methoxy groups -OCH3 is 1. The van der Waals surface area contributed by atoms with Crippen molar-refractivity contribution in [2.45, 2.75) is 45.2 Å². The Balaban J connectivity index is 1.56. The van der Waals surface area contributed by atoms with Crippen LogP contribution in [0.4, 0.5) is 0 Å². The zero-order chi connectivity index (χ0) is 19.3. The third kappa shape index (κ3) is 4.25. The van der Waals surface area contributed by atoms with Gasteiger partial charge >= 0.3 is 0 Å². The van der Waals surface area contributed by atoms with Crippen molar-refractivity contribution in [3.8, 4) is 17.1 Å². The molecule has 0 saturated carbocycles. The predicted octanol–water partition coefficient (Wildman–Crippen LogP) is 5.17. The highest BCUT2D eigenvalue weighted by Gasteiger charge is 2.26. The Morgan fingerprint density at radius 2 is 1.96 bits per heavy atom. The minimum absolute atomic E-state index is 0.264. The molecule has 1 aromatic carbocycles. The fourth-order valence-corrected chi connectivity index (χ4v) is 3.92. The highest BCUT2D eigenvalue weighted by atomic mass is 16.5. The second kappa shape index (κ2) is 8.57. The second-order valence-electron chi connectivity index (χ2n) is 7.45. The first kappa shape index (κ1) is 18.7. The molecule has 0 aliphatic carbocycles. The van der Waals surface area contributed by atoms with E-state index in [4.69, 9.17) is 14.2 Å². The summed E-state index contributed by atoms with van der Waals surface area (Å²) in [6.07, 6.45) is 4.79. The first-order chi connectivity index (χ1) is 13.7. The summed E-state index contributed by atoms with van der Waals surface area (Å²) >= 11 is 0. The van der Waals surface area contributed by atoms with Crippen LogP contribution >= 0.6 is 0 Å². The number of aromatic nitrogens is 2. The maximum Gasteiger partial charge on any atom is 0.167 e. The maximum atomic E-state index is 5.70. The van der Waals surface area contributed by atoms with Crippen molar-refractivity contribution in [2.24, 2.45) is 0 Å². The molecule has 3 aromatic rings. The van der Waals surface area contributed by atoms with Crippen LogP contribution in [0.2, 0.25) is 0 Å². The van der Waals surface area contributed by atoms with Gasteiger partial charge in [-0.3, -0.25) is 9.88 Å². The lowest BCUT2D eigenvalue weighted by Crippen LogP contribution is -2.28. The van der Waals surface area contributed by atoms with Crippen molar-refractivity contribution in [3.05, 3.63) is 65.6 Å². The number of pyridine rings is 1. The number of hydrogen-bond acceptors (Lipinski definition) is 5. The van der Waals surface area contributed by atoms with Crippen molar-refractivity contribution in [1.29, 1.82) is 0 Å². The quantitative estimate of drug-likeness (QED) is 0.614. The van der Waals surface area contributed by atoms with Crippen LogP contribution < -0.4 is 4.74 Å². The van der Waals surface area contributed by atoms with Gasteiger partial charge in [0.25, 0.3) is 0 Å². The first-order valence-electron chi connectivity index (χ1n) is 10.0. The van der Waals surface area contributed by atoms with Crippen LogP contribution in [0.5, 0.6) is 5.75 Å². The third-order valence-electron chi connectivity index (χ3n) is 5.42. The van der Waals surface area contributed by atoms with E-state index in [1.165, 1.54) is 19.3 Å². The van der Waals surface area contributed by atoms with Crippen LogP contribution in [0.15, 0.2) is 53.1 Å². The summed E-state index contributed by atoms with van der Waals surface area (Å²) in [6, 6.07) is 16.5. The molecule has 1 fully saturated rings. The summed E-state index contributed by atoms with van der Waals surface area (Å²) in [7, 11) is 1.67. The van der Waals surface area contributed by atoms with Crippen LogP contribution in [0, 0.1) is 6.92 Å². The molecule has 4 rings (SSSR count). The molecule has 2 aromatic heterocycles. The van der Waals surface area contributed by atoms with Crippen molar-refractivity contribution in [1.82, 2.24) is 15.0 Å². The van der Waals surface area contributed by atoms with E-state index < -0.39 is 0 Å². The number of nitrogens with zero attached hydrogens (tertiary/aromatic N) is 3. The molecule has 1 atom stereocenters. The van der Waals surface area contributed by atoms with E-state index >= 15 is 0 Å². The van der Waals surface area contributed by atoms with E-state index in [0.717, 1.165) is 53.7 Å². The van der Waals surface area contributed by atoms with Crippen LogP contribution in [0.25, 0.3) is 11.3 Å². The molecule has 0 radical (unpaired) electrons. The molecule has 0 N–H and O–H groups in total. The topological polar surface area (TPSA) is 51.4 Å². The van der Waals surface area contributed by atoms with Gasteiger partial charge in [-0.2, -0.15) is 0 Å². The maximum absolute atomic E-state index is 5.70. The molecule has 0 bridgehead atoms. The second-order valence-corrected chi connectivity index (χ2v) is 7.45. The summed E-state index contributed by atoms with van der Waals surface area (Å²) in [6.45, 7) is 3.95. The SMILES string of the molecule is COc1ccc(-c2cc([C@H]3CCCCCN3Cc3cccc(C)n3)no2)cc1. The van der Waals surface area contributed by atoms with Gasteiger partial charge in [-0.15, -0.1) is 0 Å². The molecule has 0 unspecified atom stereocenters. The Morgan fingerprint density at radius 1 is 1.11 bits per heavy atom. The van der Waals surface area contributed by atoms with Crippen LogP contribution in [-0.2, 0) is 6.54 Å². The lowest BCUT2D eigenvalue weighted by Gasteiger charge is -2.28. The fourth-order valence-electron chi connectivity index (χ4n) is 3.92. The van der Waals surface area contributed by atoms with E-state index in [-0.39, 0.29) is 6.04 Å². The molecular formula is C23H27N3O2. The van der Waals surface area contributed by atoms with E-state index in [9.17, 15) is 0 Å². The van der Waals surface area contributed by atoms with E-state index in [1.807, 2.05) is 37.3 Å². The zero-order valence-corrected chi connectivity index (χ0v) is 16.6. The van der Waals surface area contributed by atoms with Crippen LogP contribution in [0.1, 0.15) is 48.8 Å². The molecule has 5 nitrogen and oxygen atoms in total. The number of aryl methyl sites for hydroxylation is 1. The molecular weight excluding hydrogens is 350 g/mol. The molecule has 146 valence electrons. The third-order valence-corrected chi connectivity index (χ3v) is 5.42. The lowest BCUT2D eigenvalue weighted by atomic mass is 10.0. The fraction of sp³-hybridized carbons (Fsp3) is 0.391. The van der Waals surface area contributed by atoms with E-state index in [2.05, 4.69) is 28.3 Å². The molecule has 3 heterocycles. The number of hydrogen-bond donors (Lipinski definition) is 0. The minimum atomic E-state index is 0.264. The molecule has 1 saturated heterocycles. The summed E-state index contributed by atoms with van der Waals surface area (Å²) in [5, 5.41) is 4.44. The van der Waals surface area contributed by atoms with Gasteiger partial charge in [0, 0.05) is 23.9 Å². The Labute approximate surface area is 166 Å². The average molecular weight is 377 g/mol. The molecule has 1 aliphatic rings. The van der Waals surface area contributed by atoms with Gasteiger partial charge in [0.05, 0.1) is 18.8 Å². The molecule has 28 heavy (non-hydrogen) atoms. The molecule has 0 spiro atoms. The van der Waals surface area contributed by atoms with Gasteiger partial charge in [0.2, 0.25) is 0 Å². The monoisotopic (exact) mass is 377 g/mol. The van der Waals surface area contributed by atoms with Gasteiger partial charge in [0.15, 0.2) is 5.76 Å². The normalized spacial score (nSPS) is 18.0. The van der Waals surface area contributed by atoms with Gasteiger partial charge in [-0.05, 0) is 62.7 Å². The van der Waals surface area contributed by atoms with Crippen molar-refractivity contribution >= 4 is 0 Å². The zero-order valence-electron chi connectivity index (χ0n) is 16.6. The molecule has 5 heteroatoms. The van der Waals surface area contributed by atoms with Crippen LogP contribution in [-0.4, -0.2) is 28.7 Å². The summed E-state index contributed by atoms with van der Waals surface area (Å²) in [5.74, 6) is 1.64. The largest absolute Gasteiger partial charge is 0.497 e. The number of ether oxygens (including phenoxy) is 1. The van der Waals surface area contributed by atoms with Gasteiger partial charge < -0.3 is 9.26 Å². The Hall–Kier alpha value is -2.66. The summed E-state index contributed by atoms with van der Waals surface area (Å²) < 4.78 is 10.9. The van der Waals surface area contributed by atoms with Gasteiger partial charge in [-0.1, -0.05) is 24.1 Å². The summed E-state index contributed by atoms with van der Waals surface area (Å²) in [5.41, 5.74) is 4.21. The Morgan fingerprint density at radius 3 is 2.75 bits per heavy atom. The number of rotatable bonds is 5. The van der Waals surface area contributed by atoms with Gasteiger partial charge in [0.1, 0.15) is 11.4 Å². The number of likely N-dealkylation sites (tertiary alicyclic amines) is 1. The van der Waals surface area contributed by atoms with E-state index in [1.54, 1.807) is 7.11 Å². The molecule has 1 aliphatic heterocycles. The minimum Gasteiger partial charge on any atom is -0.497 e. The Kier molecular flexibility index (Phi) is 5.72. The highest BCUT2D eigenvalue weighted by molar-refractivity contribution is 5.58. The first-order valence-corrected chi connectivity index (χ1v) is 10.0. The summed E-state index contributed by atoms with van der Waals surface area (Å²) in [4.78, 5) is 7.20. The van der Waals surface area contributed by atoms with Gasteiger partial charge in [-0.25, -0.2) is 0 Å². The number of benzene rings is 1. The lowest BCUT2D eigenvalue weighted by molar-refractivity contribution is 0.182. The highest BCUT2D eigenvalue weighted by Crippen LogP contribution is 2.33. The standard InChI is InChI=1S/C23H27N3O2/c1-17-7-6-8-19(24-17)16-26-14-5-3-4-9-22(26)21-15-23(28-25-21)18-10-12-20(27-2)13-11-18/h6-8,10-13,15,22H,3-5,9,14,16H2,1-2H3/t22-/m1/s1. The van der Waals surface area contributed by atoms with Crippen LogP contribution in [0.3, 0.4) is 0 Å². The van der Waals surface area contributed by atoms with Crippen molar-refractivity contribution in [2.75, 3.05) is 13.7 Å². The average Bonchev–Trinajstić information content (AvgIpc) is 3.09.